The van der Waals surface area contributed by atoms with Gasteiger partial charge in [-0.3, -0.25) is 9.52 Å². The summed E-state index contributed by atoms with van der Waals surface area (Å²) in [6.07, 6.45) is 1.97. The van der Waals surface area contributed by atoms with Gasteiger partial charge in [-0.1, -0.05) is 50.2 Å². The number of rotatable bonds is 4. The molecule has 158 valence electrons. The third-order valence-electron chi connectivity index (χ3n) is 5.96. The third kappa shape index (κ3) is 3.31. The first-order valence-corrected chi connectivity index (χ1v) is 12.0. The number of hydrogen-bond acceptors (Lipinski definition) is 4. The minimum atomic E-state index is -3.80. The van der Waals surface area contributed by atoms with Crippen molar-refractivity contribution in [3.63, 3.8) is 0 Å². The van der Waals surface area contributed by atoms with Crippen LogP contribution < -0.4 is 4.72 Å². The highest BCUT2D eigenvalue weighted by molar-refractivity contribution is 7.92. The third-order valence-corrected chi connectivity index (χ3v) is 7.34. The number of furan rings is 1. The number of carbonyl (C=O) groups is 1. The van der Waals surface area contributed by atoms with E-state index in [1.807, 2.05) is 36.4 Å². The molecule has 5 rings (SSSR count). The summed E-state index contributed by atoms with van der Waals surface area (Å²) >= 11 is 0. The SMILES string of the molecule is CC(C)c1ccc(S(=O)(=O)Nc2cc3c4c(oc3c3ccccc23)CCCC4=O)cc1. The van der Waals surface area contributed by atoms with Crippen molar-refractivity contribution in [3.8, 4) is 0 Å². The molecule has 1 aromatic heterocycles. The monoisotopic (exact) mass is 433 g/mol. The summed E-state index contributed by atoms with van der Waals surface area (Å²) in [6.45, 7) is 4.13. The Bertz CT molecular complexity index is 1430. The van der Waals surface area contributed by atoms with Gasteiger partial charge < -0.3 is 4.42 Å². The van der Waals surface area contributed by atoms with Gasteiger partial charge in [0, 0.05) is 29.0 Å². The first-order valence-electron chi connectivity index (χ1n) is 10.5. The molecule has 0 saturated carbocycles. The molecule has 0 unspecified atom stereocenters. The number of sulfonamides is 1. The lowest BCUT2D eigenvalue weighted by molar-refractivity contribution is 0.0971. The number of nitrogens with one attached hydrogen (secondary N) is 1. The Labute approximate surface area is 181 Å². The van der Waals surface area contributed by atoms with Gasteiger partial charge in [0.05, 0.1) is 16.1 Å². The molecular formula is C25H23NO4S. The Morgan fingerprint density at radius 2 is 1.65 bits per heavy atom. The highest BCUT2D eigenvalue weighted by Gasteiger charge is 2.27. The molecule has 0 atom stereocenters. The van der Waals surface area contributed by atoms with E-state index in [1.165, 1.54) is 0 Å². The molecule has 6 heteroatoms. The largest absolute Gasteiger partial charge is 0.460 e. The molecule has 0 fully saturated rings. The fourth-order valence-corrected chi connectivity index (χ4v) is 5.38. The molecule has 5 nitrogen and oxygen atoms in total. The lowest BCUT2D eigenvalue weighted by atomic mass is 9.93. The molecule has 1 aliphatic rings. The normalized spacial score (nSPS) is 14.4. The Balaban J connectivity index is 1.67. The smallest absolute Gasteiger partial charge is 0.261 e. The summed E-state index contributed by atoms with van der Waals surface area (Å²) in [5, 5.41) is 2.19. The number of carbonyl (C=O) groups excluding carboxylic acids is 1. The van der Waals surface area contributed by atoms with Gasteiger partial charge in [0.1, 0.15) is 11.3 Å². The van der Waals surface area contributed by atoms with Crippen LogP contribution in [0.15, 0.2) is 63.9 Å². The van der Waals surface area contributed by atoms with Crippen LogP contribution in [0.5, 0.6) is 0 Å². The van der Waals surface area contributed by atoms with Crippen LogP contribution in [-0.4, -0.2) is 14.2 Å². The molecule has 0 spiro atoms. The Kier molecular flexibility index (Phi) is 4.63. The molecule has 0 aliphatic heterocycles. The number of fused-ring (bicyclic) bond motifs is 5. The topological polar surface area (TPSA) is 76.4 Å². The zero-order chi connectivity index (χ0) is 21.8. The number of ketones is 1. The van der Waals surface area contributed by atoms with Crippen LogP contribution in [0.25, 0.3) is 21.7 Å². The van der Waals surface area contributed by atoms with Gasteiger partial charge in [0.2, 0.25) is 0 Å². The fourth-order valence-electron chi connectivity index (χ4n) is 4.31. The maximum atomic E-state index is 13.2. The molecule has 0 bridgehead atoms. The Morgan fingerprint density at radius 3 is 2.35 bits per heavy atom. The lowest BCUT2D eigenvalue weighted by Crippen LogP contribution is -2.13. The van der Waals surface area contributed by atoms with Crippen LogP contribution in [0.4, 0.5) is 5.69 Å². The van der Waals surface area contributed by atoms with E-state index < -0.39 is 10.0 Å². The number of anilines is 1. The van der Waals surface area contributed by atoms with Crippen molar-refractivity contribution in [1.29, 1.82) is 0 Å². The van der Waals surface area contributed by atoms with E-state index >= 15 is 0 Å². The second-order valence-electron chi connectivity index (χ2n) is 8.35. The van der Waals surface area contributed by atoms with Gasteiger partial charge in [0.25, 0.3) is 10.0 Å². The van der Waals surface area contributed by atoms with Crippen LogP contribution in [0.1, 0.15) is 54.3 Å². The van der Waals surface area contributed by atoms with E-state index in [0.717, 1.165) is 22.8 Å². The number of Topliss-reactive ketones (excluding diaryl/α,β-unsaturated/α-hetero) is 1. The van der Waals surface area contributed by atoms with Gasteiger partial charge in [-0.15, -0.1) is 0 Å². The van der Waals surface area contributed by atoms with Gasteiger partial charge in [0.15, 0.2) is 5.78 Å². The number of hydrogen-bond donors (Lipinski definition) is 1. The van der Waals surface area contributed by atoms with Gasteiger partial charge in [-0.05, 0) is 36.1 Å². The minimum Gasteiger partial charge on any atom is -0.460 e. The quantitative estimate of drug-likeness (QED) is 0.426. The predicted molar refractivity (Wildman–Crippen MR) is 122 cm³/mol. The van der Waals surface area contributed by atoms with Crippen molar-refractivity contribution >= 4 is 43.2 Å². The van der Waals surface area contributed by atoms with Crippen LogP contribution in [0.2, 0.25) is 0 Å². The van der Waals surface area contributed by atoms with Crippen molar-refractivity contribution in [1.82, 2.24) is 0 Å². The van der Waals surface area contributed by atoms with Gasteiger partial charge in [-0.25, -0.2) is 8.42 Å². The van der Waals surface area contributed by atoms with Crippen molar-refractivity contribution in [3.05, 3.63) is 71.5 Å². The van der Waals surface area contributed by atoms with E-state index in [2.05, 4.69) is 18.6 Å². The molecule has 3 aromatic carbocycles. The minimum absolute atomic E-state index is 0.0494. The first-order chi connectivity index (χ1) is 14.8. The van der Waals surface area contributed by atoms with E-state index in [-0.39, 0.29) is 10.7 Å². The highest BCUT2D eigenvalue weighted by atomic mass is 32.2. The molecule has 0 amide bonds. The van der Waals surface area contributed by atoms with Crippen LogP contribution >= 0.6 is 0 Å². The van der Waals surface area contributed by atoms with E-state index in [0.29, 0.717) is 46.7 Å². The number of benzene rings is 3. The first kappa shape index (κ1) is 19.8. The summed E-state index contributed by atoms with van der Waals surface area (Å²) < 4.78 is 35.1. The standard InChI is InChI=1S/C25H23NO4S/c1-15(2)16-10-12-17(13-11-16)31(28,29)26-21-14-20-24-22(27)8-5-9-23(24)30-25(20)19-7-4-3-6-18(19)21/h3-4,6-7,10-15,26H,5,8-9H2,1-2H3. The van der Waals surface area contributed by atoms with Gasteiger partial charge >= 0.3 is 0 Å². The molecule has 1 aliphatic carbocycles. The summed E-state index contributed by atoms with van der Waals surface area (Å²) in [4.78, 5) is 12.8. The predicted octanol–water partition coefficient (Wildman–Crippen LogP) is 6.03. The molecular weight excluding hydrogens is 410 g/mol. The maximum Gasteiger partial charge on any atom is 0.261 e. The lowest BCUT2D eigenvalue weighted by Gasteiger charge is -2.13. The van der Waals surface area contributed by atoms with Crippen molar-refractivity contribution in [2.75, 3.05) is 4.72 Å². The Morgan fingerprint density at radius 1 is 0.935 bits per heavy atom. The summed E-state index contributed by atoms with van der Waals surface area (Å²) in [5.74, 6) is 1.06. The summed E-state index contributed by atoms with van der Waals surface area (Å²) in [6, 6.07) is 16.2. The van der Waals surface area contributed by atoms with Crippen LogP contribution in [0, 0.1) is 0 Å². The van der Waals surface area contributed by atoms with Gasteiger partial charge in [-0.2, -0.15) is 0 Å². The van der Waals surface area contributed by atoms with E-state index in [4.69, 9.17) is 4.42 Å². The zero-order valence-corrected chi connectivity index (χ0v) is 18.3. The summed E-state index contributed by atoms with van der Waals surface area (Å²) in [7, 11) is -3.80. The fraction of sp³-hybridized carbons (Fsp3) is 0.240. The average Bonchev–Trinajstić information content (AvgIpc) is 3.14. The van der Waals surface area contributed by atoms with Crippen LogP contribution in [-0.2, 0) is 16.4 Å². The molecule has 1 N–H and O–H groups in total. The second-order valence-corrected chi connectivity index (χ2v) is 10.0. The Hall–Kier alpha value is -3.12. The summed E-state index contributed by atoms with van der Waals surface area (Å²) in [5.41, 5.74) is 2.75. The van der Waals surface area contributed by atoms with Crippen molar-refractivity contribution in [2.24, 2.45) is 0 Å². The molecule has 0 radical (unpaired) electrons. The highest BCUT2D eigenvalue weighted by Crippen LogP contribution is 2.39. The van der Waals surface area contributed by atoms with Crippen molar-refractivity contribution < 1.29 is 17.6 Å². The van der Waals surface area contributed by atoms with E-state index in [9.17, 15) is 13.2 Å². The molecule has 31 heavy (non-hydrogen) atoms. The van der Waals surface area contributed by atoms with Crippen LogP contribution in [0.3, 0.4) is 0 Å². The number of aryl methyl sites for hydroxylation is 1. The van der Waals surface area contributed by atoms with Crippen molar-refractivity contribution in [2.45, 2.75) is 43.9 Å². The molecule has 1 heterocycles. The zero-order valence-electron chi connectivity index (χ0n) is 17.4. The second kappa shape index (κ2) is 7.24. The average molecular weight is 434 g/mol. The van der Waals surface area contributed by atoms with E-state index in [1.54, 1.807) is 18.2 Å². The molecule has 0 saturated heterocycles. The molecule has 4 aromatic rings. The maximum absolute atomic E-state index is 13.2.